The van der Waals surface area contributed by atoms with Gasteiger partial charge in [-0.15, -0.1) is 11.3 Å². The summed E-state index contributed by atoms with van der Waals surface area (Å²) in [5, 5.41) is 3.15. The van der Waals surface area contributed by atoms with E-state index in [1.54, 1.807) is 7.05 Å². The van der Waals surface area contributed by atoms with Crippen LogP contribution in [0.25, 0.3) is 10.2 Å². The lowest BCUT2D eigenvalue weighted by Gasteiger charge is -2.26. The van der Waals surface area contributed by atoms with E-state index in [9.17, 15) is 14.4 Å². The maximum atomic E-state index is 12.5. The topological polar surface area (TPSA) is 91.6 Å². The van der Waals surface area contributed by atoms with Gasteiger partial charge in [-0.3, -0.25) is 18.7 Å². The summed E-state index contributed by atoms with van der Waals surface area (Å²) in [5.41, 5.74) is -0.836. The van der Waals surface area contributed by atoms with Crippen LogP contribution in [0.5, 0.6) is 11.5 Å². The SMILES string of the molecule is Cn1c(=O)c2cc(C(=O)NCC3COc4ccccc4O3)sc2n(C)c1=O. The highest BCUT2D eigenvalue weighted by Crippen LogP contribution is 2.30. The van der Waals surface area contributed by atoms with Crippen molar-refractivity contribution in [2.45, 2.75) is 6.10 Å². The Labute approximate surface area is 157 Å². The van der Waals surface area contributed by atoms with Gasteiger partial charge in [0.15, 0.2) is 11.5 Å². The van der Waals surface area contributed by atoms with Crippen molar-refractivity contribution in [3.8, 4) is 11.5 Å². The summed E-state index contributed by atoms with van der Waals surface area (Å²) < 4.78 is 13.8. The van der Waals surface area contributed by atoms with E-state index >= 15 is 0 Å². The summed E-state index contributed by atoms with van der Waals surface area (Å²) in [6.07, 6.45) is -0.310. The van der Waals surface area contributed by atoms with E-state index in [1.165, 1.54) is 17.7 Å². The number of aromatic nitrogens is 2. The Kier molecular flexibility index (Phi) is 4.23. The summed E-state index contributed by atoms with van der Waals surface area (Å²) in [7, 11) is 2.99. The number of benzene rings is 1. The number of fused-ring (bicyclic) bond motifs is 2. The van der Waals surface area contributed by atoms with Gasteiger partial charge < -0.3 is 14.8 Å². The first-order valence-electron chi connectivity index (χ1n) is 8.32. The molecule has 3 aromatic rings. The minimum Gasteiger partial charge on any atom is -0.486 e. The molecule has 2 aromatic heterocycles. The molecule has 4 rings (SSSR count). The normalized spacial score (nSPS) is 15.7. The molecular weight excluding hydrogens is 370 g/mol. The minimum absolute atomic E-state index is 0.262. The highest BCUT2D eigenvalue weighted by atomic mass is 32.1. The summed E-state index contributed by atoms with van der Waals surface area (Å²) in [6, 6.07) is 8.87. The number of rotatable bonds is 3. The third-order valence-electron chi connectivity index (χ3n) is 4.41. The van der Waals surface area contributed by atoms with E-state index in [1.807, 2.05) is 24.3 Å². The molecule has 0 saturated heterocycles. The number of aryl methyl sites for hydroxylation is 1. The third kappa shape index (κ3) is 2.99. The second kappa shape index (κ2) is 6.58. The zero-order valence-corrected chi connectivity index (χ0v) is 15.5. The van der Waals surface area contributed by atoms with E-state index in [0.29, 0.717) is 33.2 Å². The molecule has 1 amide bonds. The van der Waals surface area contributed by atoms with Crippen molar-refractivity contribution in [2.24, 2.45) is 14.1 Å². The minimum atomic E-state index is -0.423. The highest BCUT2D eigenvalue weighted by molar-refractivity contribution is 7.20. The van der Waals surface area contributed by atoms with Gasteiger partial charge in [0.1, 0.15) is 17.5 Å². The largest absolute Gasteiger partial charge is 0.486 e. The second-order valence-corrected chi connectivity index (χ2v) is 7.27. The maximum absolute atomic E-state index is 12.5. The van der Waals surface area contributed by atoms with Crippen LogP contribution in [-0.4, -0.2) is 34.3 Å². The Bertz CT molecular complexity index is 1160. The standard InChI is InChI=1S/C18H17N3O5S/c1-20-16(23)11-7-14(27-17(11)21(2)18(20)24)15(22)19-8-10-9-25-12-5-3-4-6-13(12)26-10/h3-7,10H,8-9H2,1-2H3,(H,19,22). The van der Waals surface area contributed by atoms with Crippen molar-refractivity contribution in [1.29, 1.82) is 0 Å². The molecule has 0 aliphatic carbocycles. The van der Waals surface area contributed by atoms with Gasteiger partial charge in [0, 0.05) is 14.1 Å². The predicted molar refractivity (Wildman–Crippen MR) is 101 cm³/mol. The van der Waals surface area contributed by atoms with Gasteiger partial charge in [-0.25, -0.2) is 4.79 Å². The Hall–Kier alpha value is -3.07. The van der Waals surface area contributed by atoms with Crippen LogP contribution >= 0.6 is 11.3 Å². The fraction of sp³-hybridized carbons (Fsp3) is 0.278. The molecular formula is C18H17N3O5S. The van der Waals surface area contributed by atoms with E-state index in [4.69, 9.17) is 9.47 Å². The molecule has 1 atom stereocenters. The van der Waals surface area contributed by atoms with Crippen LogP contribution in [0, 0.1) is 0 Å². The van der Waals surface area contributed by atoms with Crippen LogP contribution in [0.1, 0.15) is 9.67 Å². The van der Waals surface area contributed by atoms with Crippen LogP contribution in [0.2, 0.25) is 0 Å². The maximum Gasteiger partial charge on any atom is 0.331 e. The van der Waals surface area contributed by atoms with Gasteiger partial charge in [0.25, 0.3) is 11.5 Å². The number of carbonyl (C=O) groups is 1. The van der Waals surface area contributed by atoms with Crippen LogP contribution in [0.3, 0.4) is 0 Å². The molecule has 140 valence electrons. The molecule has 0 bridgehead atoms. The molecule has 1 aromatic carbocycles. The van der Waals surface area contributed by atoms with Crippen molar-refractivity contribution in [3.63, 3.8) is 0 Å². The molecule has 0 saturated carbocycles. The van der Waals surface area contributed by atoms with Gasteiger partial charge in [0.2, 0.25) is 0 Å². The molecule has 1 aliphatic rings. The van der Waals surface area contributed by atoms with Gasteiger partial charge in [-0.2, -0.15) is 0 Å². The third-order valence-corrected chi connectivity index (χ3v) is 5.62. The van der Waals surface area contributed by atoms with E-state index < -0.39 is 11.2 Å². The van der Waals surface area contributed by atoms with Crippen molar-refractivity contribution in [2.75, 3.05) is 13.2 Å². The number of nitrogens with zero attached hydrogens (tertiary/aromatic N) is 2. The first-order valence-corrected chi connectivity index (χ1v) is 9.13. The van der Waals surface area contributed by atoms with Crippen LogP contribution < -0.4 is 26.0 Å². The molecule has 9 heteroatoms. The van der Waals surface area contributed by atoms with Crippen LogP contribution in [0.4, 0.5) is 0 Å². The Morgan fingerprint density at radius 1 is 1.22 bits per heavy atom. The summed E-state index contributed by atoms with van der Waals surface area (Å²) in [4.78, 5) is 37.6. The monoisotopic (exact) mass is 387 g/mol. The number of thiophene rings is 1. The molecule has 0 spiro atoms. The second-order valence-electron chi connectivity index (χ2n) is 6.24. The Morgan fingerprint density at radius 2 is 1.96 bits per heavy atom. The molecule has 0 fully saturated rings. The molecule has 1 unspecified atom stereocenters. The Morgan fingerprint density at radius 3 is 2.74 bits per heavy atom. The van der Waals surface area contributed by atoms with E-state index in [2.05, 4.69) is 5.32 Å². The number of ether oxygens (including phenoxy) is 2. The molecule has 27 heavy (non-hydrogen) atoms. The molecule has 3 heterocycles. The molecule has 1 aliphatic heterocycles. The molecule has 0 radical (unpaired) electrons. The number of carbonyl (C=O) groups excluding carboxylic acids is 1. The average Bonchev–Trinajstić information content (AvgIpc) is 3.14. The molecule has 8 nitrogen and oxygen atoms in total. The number of para-hydroxylation sites is 2. The van der Waals surface area contributed by atoms with Crippen LogP contribution in [0.15, 0.2) is 39.9 Å². The van der Waals surface area contributed by atoms with Gasteiger partial charge in [-0.1, -0.05) is 12.1 Å². The first-order chi connectivity index (χ1) is 13.0. The smallest absolute Gasteiger partial charge is 0.331 e. The van der Waals surface area contributed by atoms with E-state index in [0.717, 1.165) is 15.9 Å². The van der Waals surface area contributed by atoms with Crippen LogP contribution in [-0.2, 0) is 14.1 Å². The van der Waals surface area contributed by atoms with Crippen molar-refractivity contribution >= 4 is 27.5 Å². The van der Waals surface area contributed by atoms with Crippen molar-refractivity contribution < 1.29 is 14.3 Å². The summed E-state index contributed by atoms with van der Waals surface area (Å²) in [5.74, 6) is 0.998. The van der Waals surface area contributed by atoms with Gasteiger partial charge in [-0.05, 0) is 18.2 Å². The summed E-state index contributed by atoms with van der Waals surface area (Å²) >= 11 is 1.11. The number of hydrogen-bond donors (Lipinski definition) is 1. The van der Waals surface area contributed by atoms with Gasteiger partial charge in [0.05, 0.1) is 16.8 Å². The van der Waals surface area contributed by atoms with E-state index in [-0.39, 0.29) is 18.6 Å². The number of hydrogen-bond acceptors (Lipinski definition) is 6. The lowest BCUT2D eigenvalue weighted by Crippen LogP contribution is -2.40. The van der Waals surface area contributed by atoms with Crippen molar-refractivity contribution in [1.82, 2.24) is 14.5 Å². The average molecular weight is 387 g/mol. The Balaban J connectivity index is 1.51. The lowest BCUT2D eigenvalue weighted by molar-refractivity contribution is 0.0791. The fourth-order valence-electron chi connectivity index (χ4n) is 2.93. The van der Waals surface area contributed by atoms with Gasteiger partial charge >= 0.3 is 5.69 Å². The fourth-order valence-corrected chi connectivity index (χ4v) is 3.95. The molecule has 1 N–H and O–H groups in total. The number of nitrogens with one attached hydrogen (secondary N) is 1. The number of amides is 1. The highest BCUT2D eigenvalue weighted by Gasteiger charge is 2.22. The predicted octanol–water partition coefficient (Wildman–Crippen LogP) is 0.868. The quantitative estimate of drug-likeness (QED) is 0.720. The van der Waals surface area contributed by atoms with Crippen molar-refractivity contribution in [3.05, 3.63) is 56.0 Å². The first kappa shape index (κ1) is 17.3. The summed E-state index contributed by atoms with van der Waals surface area (Å²) in [6.45, 7) is 0.594. The lowest BCUT2D eigenvalue weighted by atomic mass is 10.2. The zero-order chi connectivity index (χ0) is 19.1. The zero-order valence-electron chi connectivity index (χ0n) is 14.7.